The summed E-state index contributed by atoms with van der Waals surface area (Å²) in [6, 6.07) is 8.09. The monoisotopic (exact) mass is 235 g/mol. The van der Waals surface area contributed by atoms with E-state index >= 15 is 0 Å². The Kier molecular flexibility index (Phi) is 3.15. The molecular formula is C12H14ClN3. The fourth-order valence-corrected chi connectivity index (χ4v) is 1.70. The predicted molar refractivity (Wildman–Crippen MR) is 66.8 cm³/mol. The molecule has 0 aliphatic heterocycles. The third kappa shape index (κ3) is 2.36. The number of aryl methyl sites for hydroxylation is 1. The lowest BCUT2D eigenvalue weighted by Gasteiger charge is -2.14. The number of hydrogen-bond donors (Lipinski definition) is 2. The van der Waals surface area contributed by atoms with E-state index in [0.29, 0.717) is 0 Å². The van der Waals surface area contributed by atoms with Crippen LogP contribution >= 0.6 is 11.6 Å². The third-order valence-electron chi connectivity index (χ3n) is 2.54. The van der Waals surface area contributed by atoms with Gasteiger partial charge in [0.25, 0.3) is 0 Å². The Morgan fingerprint density at radius 2 is 2.19 bits per heavy atom. The molecule has 1 aromatic heterocycles. The van der Waals surface area contributed by atoms with E-state index in [-0.39, 0.29) is 6.04 Å². The maximum absolute atomic E-state index is 6.06. The number of aromatic amines is 1. The number of nitrogens with zero attached hydrogens (tertiary/aromatic N) is 1. The average molecular weight is 236 g/mol. The molecular weight excluding hydrogens is 222 g/mol. The van der Waals surface area contributed by atoms with Crippen molar-refractivity contribution in [2.45, 2.75) is 19.9 Å². The Labute approximate surface area is 99.8 Å². The molecule has 0 bridgehead atoms. The smallest absolute Gasteiger partial charge is 0.0651 e. The van der Waals surface area contributed by atoms with Crippen LogP contribution in [-0.2, 0) is 0 Å². The molecule has 1 unspecified atom stereocenters. The maximum atomic E-state index is 6.06. The zero-order chi connectivity index (χ0) is 11.5. The molecule has 0 saturated heterocycles. The van der Waals surface area contributed by atoms with Crippen LogP contribution in [0.3, 0.4) is 0 Å². The van der Waals surface area contributed by atoms with Crippen molar-refractivity contribution in [1.29, 1.82) is 0 Å². The lowest BCUT2D eigenvalue weighted by atomic mass is 10.2. The van der Waals surface area contributed by atoms with Crippen LogP contribution in [0, 0.1) is 6.92 Å². The highest BCUT2D eigenvalue weighted by atomic mass is 35.5. The van der Waals surface area contributed by atoms with Crippen LogP contribution in [0.15, 0.2) is 30.5 Å². The number of aromatic nitrogens is 2. The Hall–Kier alpha value is -1.48. The van der Waals surface area contributed by atoms with Crippen LogP contribution in [-0.4, -0.2) is 10.2 Å². The molecule has 0 aliphatic rings. The van der Waals surface area contributed by atoms with Crippen LogP contribution in [0.4, 0.5) is 5.69 Å². The second kappa shape index (κ2) is 4.58. The van der Waals surface area contributed by atoms with Gasteiger partial charge in [-0.1, -0.05) is 17.7 Å². The van der Waals surface area contributed by atoms with Gasteiger partial charge in [-0.2, -0.15) is 5.10 Å². The molecule has 2 rings (SSSR count). The molecule has 1 heterocycles. The highest BCUT2D eigenvalue weighted by Gasteiger charge is 2.06. The van der Waals surface area contributed by atoms with Gasteiger partial charge in [0, 0.05) is 16.9 Å². The van der Waals surface area contributed by atoms with E-state index in [1.54, 1.807) is 6.20 Å². The Balaban J connectivity index is 2.12. The highest BCUT2D eigenvalue weighted by molar-refractivity contribution is 6.31. The molecule has 0 saturated carbocycles. The van der Waals surface area contributed by atoms with E-state index in [9.17, 15) is 0 Å². The molecule has 0 radical (unpaired) electrons. The summed E-state index contributed by atoms with van der Waals surface area (Å²) in [4.78, 5) is 0. The number of rotatable bonds is 3. The van der Waals surface area contributed by atoms with Crippen molar-refractivity contribution in [2.24, 2.45) is 0 Å². The van der Waals surface area contributed by atoms with Crippen LogP contribution in [0.25, 0.3) is 0 Å². The first kappa shape index (κ1) is 11.0. The van der Waals surface area contributed by atoms with Gasteiger partial charge >= 0.3 is 0 Å². The molecule has 4 heteroatoms. The lowest BCUT2D eigenvalue weighted by Crippen LogP contribution is -2.07. The molecule has 2 N–H and O–H groups in total. The largest absolute Gasteiger partial charge is 0.377 e. The topological polar surface area (TPSA) is 40.7 Å². The number of hydrogen-bond acceptors (Lipinski definition) is 2. The summed E-state index contributed by atoms with van der Waals surface area (Å²) in [6.45, 7) is 4.06. The number of nitrogens with one attached hydrogen (secondary N) is 2. The second-order valence-corrected chi connectivity index (χ2v) is 4.25. The first-order valence-corrected chi connectivity index (χ1v) is 5.56. The van der Waals surface area contributed by atoms with Gasteiger partial charge in [0.05, 0.1) is 11.7 Å². The van der Waals surface area contributed by atoms with Gasteiger partial charge in [0.2, 0.25) is 0 Å². The Morgan fingerprint density at radius 3 is 2.81 bits per heavy atom. The summed E-state index contributed by atoms with van der Waals surface area (Å²) in [7, 11) is 0. The van der Waals surface area contributed by atoms with Crippen molar-refractivity contribution in [1.82, 2.24) is 10.2 Å². The Bertz CT molecular complexity index is 465. The normalized spacial score (nSPS) is 12.4. The predicted octanol–water partition coefficient (Wildman–Crippen LogP) is 3.54. The van der Waals surface area contributed by atoms with Crippen LogP contribution < -0.4 is 5.32 Å². The van der Waals surface area contributed by atoms with E-state index in [1.165, 1.54) is 0 Å². The van der Waals surface area contributed by atoms with E-state index in [2.05, 4.69) is 22.4 Å². The number of benzene rings is 1. The SMILES string of the molecule is Cc1ccc(NC(C)c2ccn[nH]2)cc1Cl. The van der Waals surface area contributed by atoms with Crippen LogP contribution in [0.5, 0.6) is 0 Å². The van der Waals surface area contributed by atoms with Gasteiger partial charge < -0.3 is 5.32 Å². The van der Waals surface area contributed by atoms with Crippen molar-refractivity contribution in [3.8, 4) is 0 Å². The molecule has 16 heavy (non-hydrogen) atoms. The summed E-state index contributed by atoms with van der Waals surface area (Å²) >= 11 is 6.06. The quantitative estimate of drug-likeness (QED) is 0.854. The summed E-state index contributed by atoms with van der Waals surface area (Å²) in [6.07, 6.45) is 1.75. The first-order valence-electron chi connectivity index (χ1n) is 5.19. The molecule has 0 spiro atoms. The minimum Gasteiger partial charge on any atom is -0.377 e. The first-order chi connectivity index (χ1) is 7.66. The van der Waals surface area contributed by atoms with Crippen molar-refractivity contribution < 1.29 is 0 Å². The van der Waals surface area contributed by atoms with E-state index in [0.717, 1.165) is 22.0 Å². The standard InChI is InChI=1S/C12H14ClN3/c1-8-3-4-10(7-11(8)13)15-9(2)12-5-6-14-16-12/h3-7,9,15H,1-2H3,(H,14,16). The summed E-state index contributed by atoms with van der Waals surface area (Å²) in [5.74, 6) is 0. The fourth-order valence-electron chi connectivity index (χ4n) is 1.52. The molecule has 1 atom stereocenters. The fraction of sp³-hybridized carbons (Fsp3) is 0.250. The Morgan fingerprint density at radius 1 is 1.38 bits per heavy atom. The number of anilines is 1. The second-order valence-electron chi connectivity index (χ2n) is 3.84. The van der Waals surface area contributed by atoms with Gasteiger partial charge in [-0.15, -0.1) is 0 Å². The summed E-state index contributed by atoms with van der Waals surface area (Å²) in [5, 5.41) is 11.0. The number of H-pyrrole nitrogens is 1. The van der Waals surface area contributed by atoms with E-state index < -0.39 is 0 Å². The average Bonchev–Trinajstić information content (AvgIpc) is 2.77. The molecule has 1 aromatic carbocycles. The third-order valence-corrected chi connectivity index (χ3v) is 2.95. The zero-order valence-electron chi connectivity index (χ0n) is 9.29. The van der Waals surface area contributed by atoms with Crippen molar-refractivity contribution in [3.05, 3.63) is 46.7 Å². The molecule has 3 nitrogen and oxygen atoms in total. The van der Waals surface area contributed by atoms with Gasteiger partial charge in [0.1, 0.15) is 0 Å². The van der Waals surface area contributed by atoms with Gasteiger partial charge in [0.15, 0.2) is 0 Å². The zero-order valence-corrected chi connectivity index (χ0v) is 10.0. The van der Waals surface area contributed by atoms with Crippen molar-refractivity contribution >= 4 is 17.3 Å². The van der Waals surface area contributed by atoms with Gasteiger partial charge in [-0.3, -0.25) is 5.10 Å². The lowest BCUT2D eigenvalue weighted by molar-refractivity contribution is 0.825. The molecule has 0 amide bonds. The van der Waals surface area contributed by atoms with Gasteiger partial charge in [-0.25, -0.2) is 0 Å². The summed E-state index contributed by atoms with van der Waals surface area (Å²) < 4.78 is 0. The van der Waals surface area contributed by atoms with E-state index in [1.807, 2.05) is 31.2 Å². The van der Waals surface area contributed by atoms with Crippen molar-refractivity contribution in [2.75, 3.05) is 5.32 Å². The van der Waals surface area contributed by atoms with E-state index in [4.69, 9.17) is 11.6 Å². The molecule has 84 valence electrons. The van der Waals surface area contributed by atoms with Gasteiger partial charge in [-0.05, 0) is 37.6 Å². The molecule has 2 aromatic rings. The number of halogens is 1. The maximum Gasteiger partial charge on any atom is 0.0651 e. The summed E-state index contributed by atoms with van der Waals surface area (Å²) in [5.41, 5.74) is 3.15. The van der Waals surface area contributed by atoms with Crippen LogP contribution in [0.2, 0.25) is 5.02 Å². The molecule has 0 fully saturated rings. The van der Waals surface area contributed by atoms with Crippen LogP contribution in [0.1, 0.15) is 24.2 Å². The minimum absolute atomic E-state index is 0.182. The van der Waals surface area contributed by atoms with Crippen molar-refractivity contribution in [3.63, 3.8) is 0 Å². The minimum atomic E-state index is 0.182. The highest BCUT2D eigenvalue weighted by Crippen LogP contribution is 2.23. The molecule has 0 aliphatic carbocycles.